The first kappa shape index (κ1) is 9.92. The van der Waals surface area contributed by atoms with E-state index in [-0.39, 0.29) is 6.54 Å². The lowest BCUT2D eigenvalue weighted by atomic mass is 10.1. The van der Waals surface area contributed by atoms with Gasteiger partial charge in [-0.2, -0.15) is 0 Å². The molecule has 0 fully saturated rings. The van der Waals surface area contributed by atoms with Crippen molar-refractivity contribution in [2.75, 3.05) is 18.5 Å². The molecule has 2 N–H and O–H groups in total. The molecule has 5 nitrogen and oxygen atoms in total. The molecule has 1 aliphatic heterocycles. The number of pyridine rings is 1. The van der Waals surface area contributed by atoms with Crippen molar-refractivity contribution in [2.24, 2.45) is 0 Å². The minimum Gasteiger partial charge on any atom is -0.480 e. The highest BCUT2D eigenvalue weighted by atomic mass is 16.5. The van der Waals surface area contributed by atoms with Gasteiger partial charge in [0.15, 0.2) is 0 Å². The molecule has 0 amide bonds. The van der Waals surface area contributed by atoms with Gasteiger partial charge in [-0.1, -0.05) is 0 Å². The van der Waals surface area contributed by atoms with Crippen LogP contribution in [0.5, 0.6) is 0 Å². The van der Waals surface area contributed by atoms with Gasteiger partial charge in [-0.3, -0.25) is 4.79 Å². The van der Waals surface area contributed by atoms with Gasteiger partial charge in [-0.15, -0.1) is 0 Å². The van der Waals surface area contributed by atoms with E-state index in [9.17, 15) is 4.79 Å². The minimum atomic E-state index is -0.891. The van der Waals surface area contributed by atoms with Gasteiger partial charge in [0, 0.05) is 6.20 Å². The molecular weight excluding hydrogens is 196 g/mol. The zero-order valence-electron chi connectivity index (χ0n) is 8.19. The molecule has 0 radical (unpaired) electrons. The maximum Gasteiger partial charge on any atom is 0.322 e. The number of carbonyl (C=O) groups is 1. The molecule has 0 spiro atoms. The molecule has 2 rings (SSSR count). The van der Waals surface area contributed by atoms with Gasteiger partial charge in [-0.05, 0) is 23.6 Å². The second kappa shape index (κ2) is 4.27. The number of carboxylic acids is 1. The van der Waals surface area contributed by atoms with Crippen molar-refractivity contribution in [3.05, 3.63) is 23.4 Å². The molecule has 0 saturated heterocycles. The molecule has 0 saturated carbocycles. The van der Waals surface area contributed by atoms with Crippen molar-refractivity contribution in [3.63, 3.8) is 0 Å². The number of nitrogens with zero attached hydrogens (tertiary/aromatic N) is 1. The van der Waals surface area contributed by atoms with Gasteiger partial charge >= 0.3 is 5.97 Å². The van der Waals surface area contributed by atoms with Crippen LogP contribution in [0.2, 0.25) is 0 Å². The SMILES string of the molecule is O=C(O)CNc1cc2c(cn1)COCC2. The zero-order chi connectivity index (χ0) is 10.7. The lowest BCUT2D eigenvalue weighted by Crippen LogP contribution is -2.15. The third kappa shape index (κ3) is 2.44. The van der Waals surface area contributed by atoms with E-state index >= 15 is 0 Å². The number of aliphatic carboxylic acids is 1. The molecular formula is C10H12N2O3. The van der Waals surface area contributed by atoms with E-state index in [1.807, 2.05) is 6.07 Å². The van der Waals surface area contributed by atoms with E-state index in [4.69, 9.17) is 9.84 Å². The van der Waals surface area contributed by atoms with Crippen molar-refractivity contribution in [1.82, 2.24) is 4.98 Å². The molecule has 0 aromatic carbocycles. The van der Waals surface area contributed by atoms with Gasteiger partial charge in [-0.25, -0.2) is 4.98 Å². The van der Waals surface area contributed by atoms with E-state index in [1.54, 1.807) is 6.20 Å². The third-order valence-electron chi connectivity index (χ3n) is 2.28. The highest BCUT2D eigenvalue weighted by Gasteiger charge is 2.10. The number of anilines is 1. The molecule has 15 heavy (non-hydrogen) atoms. The maximum atomic E-state index is 10.4. The van der Waals surface area contributed by atoms with Crippen molar-refractivity contribution in [1.29, 1.82) is 0 Å². The predicted molar refractivity (Wildman–Crippen MR) is 53.7 cm³/mol. The summed E-state index contributed by atoms with van der Waals surface area (Å²) in [6, 6.07) is 1.89. The number of hydrogen-bond acceptors (Lipinski definition) is 4. The Morgan fingerprint density at radius 3 is 3.27 bits per heavy atom. The summed E-state index contributed by atoms with van der Waals surface area (Å²) in [6.07, 6.45) is 2.60. The summed E-state index contributed by atoms with van der Waals surface area (Å²) in [5.74, 6) is -0.282. The van der Waals surface area contributed by atoms with Crippen LogP contribution in [0.3, 0.4) is 0 Å². The molecule has 1 aromatic heterocycles. The standard InChI is InChI=1S/C10H12N2O3/c13-10(14)5-12-9-3-7-1-2-15-6-8(7)4-11-9/h3-4H,1-2,5-6H2,(H,11,12)(H,13,14). The molecule has 0 atom stereocenters. The van der Waals surface area contributed by atoms with Crippen molar-refractivity contribution in [2.45, 2.75) is 13.0 Å². The largest absolute Gasteiger partial charge is 0.480 e. The molecule has 1 aliphatic rings. The molecule has 5 heteroatoms. The lowest BCUT2D eigenvalue weighted by Gasteiger charge is -2.16. The summed E-state index contributed by atoms with van der Waals surface area (Å²) >= 11 is 0. The topological polar surface area (TPSA) is 71.5 Å². The first-order chi connectivity index (χ1) is 7.25. The Hall–Kier alpha value is -1.62. The molecule has 80 valence electrons. The summed E-state index contributed by atoms with van der Waals surface area (Å²) in [5, 5.41) is 11.2. The van der Waals surface area contributed by atoms with Crippen molar-refractivity contribution >= 4 is 11.8 Å². The number of ether oxygens (including phenoxy) is 1. The molecule has 0 unspecified atom stereocenters. The second-order valence-electron chi connectivity index (χ2n) is 3.39. The smallest absolute Gasteiger partial charge is 0.322 e. The summed E-state index contributed by atoms with van der Waals surface area (Å²) in [7, 11) is 0. The quantitative estimate of drug-likeness (QED) is 0.763. The predicted octanol–water partition coefficient (Wildman–Crippen LogP) is 0.651. The van der Waals surface area contributed by atoms with E-state index in [1.165, 1.54) is 5.56 Å². The second-order valence-corrected chi connectivity index (χ2v) is 3.39. The van der Waals surface area contributed by atoms with Crippen molar-refractivity contribution in [3.8, 4) is 0 Å². The number of rotatable bonds is 3. The van der Waals surface area contributed by atoms with Crippen LogP contribution in [0.1, 0.15) is 11.1 Å². The Bertz CT molecular complexity index is 379. The first-order valence-electron chi connectivity index (χ1n) is 4.77. The summed E-state index contributed by atoms with van der Waals surface area (Å²) < 4.78 is 5.28. The van der Waals surface area contributed by atoms with Gasteiger partial charge < -0.3 is 15.2 Å². The van der Waals surface area contributed by atoms with Crippen LogP contribution in [-0.4, -0.2) is 29.2 Å². The van der Waals surface area contributed by atoms with Crippen LogP contribution in [-0.2, 0) is 22.6 Å². The van der Waals surface area contributed by atoms with Crippen LogP contribution in [0.15, 0.2) is 12.3 Å². The Morgan fingerprint density at radius 1 is 1.60 bits per heavy atom. The van der Waals surface area contributed by atoms with E-state index in [0.29, 0.717) is 12.4 Å². The minimum absolute atomic E-state index is 0.109. The Kier molecular flexibility index (Phi) is 2.82. The monoisotopic (exact) mass is 208 g/mol. The molecule has 2 heterocycles. The van der Waals surface area contributed by atoms with E-state index < -0.39 is 5.97 Å². The van der Waals surface area contributed by atoms with Crippen molar-refractivity contribution < 1.29 is 14.6 Å². The fourth-order valence-corrected chi connectivity index (χ4v) is 1.52. The van der Waals surface area contributed by atoms with Gasteiger partial charge in [0.1, 0.15) is 12.4 Å². The van der Waals surface area contributed by atoms with Crippen LogP contribution in [0, 0.1) is 0 Å². The summed E-state index contributed by atoms with van der Waals surface area (Å²) in [4.78, 5) is 14.5. The van der Waals surface area contributed by atoms with Crippen LogP contribution in [0.4, 0.5) is 5.82 Å². The summed E-state index contributed by atoms with van der Waals surface area (Å²) in [6.45, 7) is 1.21. The number of nitrogens with one attached hydrogen (secondary N) is 1. The van der Waals surface area contributed by atoms with E-state index in [0.717, 1.165) is 18.6 Å². The Labute approximate surface area is 87.1 Å². The number of fused-ring (bicyclic) bond motifs is 1. The molecule has 0 aliphatic carbocycles. The average molecular weight is 208 g/mol. The van der Waals surface area contributed by atoms with Crippen LogP contribution in [0.25, 0.3) is 0 Å². The van der Waals surface area contributed by atoms with Gasteiger partial charge in [0.05, 0.1) is 13.2 Å². The van der Waals surface area contributed by atoms with Crippen LogP contribution < -0.4 is 5.32 Å². The first-order valence-corrected chi connectivity index (χ1v) is 4.77. The number of carboxylic acid groups (broad SMARTS) is 1. The third-order valence-corrected chi connectivity index (χ3v) is 2.28. The Balaban J connectivity index is 2.10. The number of hydrogen-bond donors (Lipinski definition) is 2. The maximum absolute atomic E-state index is 10.4. The number of aromatic nitrogens is 1. The van der Waals surface area contributed by atoms with Crippen LogP contribution >= 0.6 is 0 Å². The zero-order valence-corrected chi connectivity index (χ0v) is 8.19. The van der Waals surface area contributed by atoms with Gasteiger partial charge in [0.2, 0.25) is 0 Å². The van der Waals surface area contributed by atoms with Gasteiger partial charge in [0.25, 0.3) is 0 Å². The lowest BCUT2D eigenvalue weighted by molar-refractivity contribution is -0.134. The summed E-state index contributed by atoms with van der Waals surface area (Å²) in [5.41, 5.74) is 2.27. The van der Waals surface area contributed by atoms with E-state index in [2.05, 4.69) is 10.3 Å². The molecule has 0 bridgehead atoms. The fourth-order valence-electron chi connectivity index (χ4n) is 1.52. The average Bonchev–Trinajstić information content (AvgIpc) is 2.26. The highest BCUT2D eigenvalue weighted by Crippen LogP contribution is 2.18. The normalized spacial score (nSPS) is 14.4. The Morgan fingerprint density at radius 2 is 2.47 bits per heavy atom. The molecule has 1 aromatic rings. The highest BCUT2D eigenvalue weighted by molar-refractivity contribution is 5.72. The fraction of sp³-hybridized carbons (Fsp3) is 0.400.